The summed E-state index contributed by atoms with van der Waals surface area (Å²) in [6, 6.07) is 11.3. The Kier molecular flexibility index (Phi) is 2.87. The topological polar surface area (TPSA) is 52.0 Å². The molecule has 18 heavy (non-hydrogen) atoms. The first-order valence-electron chi connectivity index (χ1n) is 5.25. The van der Waals surface area contributed by atoms with Gasteiger partial charge in [-0.05, 0) is 52.3 Å². The summed E-state index contributed by atoms with van der Waals surface area (Å²) in [4.78, 5) is 4.45. The summed E-state index contributed by atoms with van der Waals surface area (Å²) >= 11 is 6.93. The Balaban J connectivity index is 2.22. The molecule has 0 fully saturated rings. The van der Waals surface area contributed by atoms with Gasteiger partial charge < -0.3 is 10.2 Å². The molecule has 0 saturated carbocycles. The lowest BCUT2D eigenvalue weighted by molar-refractivity contribution is 0.619. The van der Waals surface area contributed by atoms with E-state index < -0.39 is 0 Å². The van der Waals surface area contributed by atoms with Crippen LogP contribution in [0.5, 0.6) is 0 Å². The molecule has 3 aromatic rings. The molecule has 0 aliphatic heterocycles. The summed E-state index contributed by atoms with van der Waals surface area (Å²) in [5.41, 5.74) is 8.79. The molecule has 3 nitrogen and oxygen atoms in total. The van der Waals surface area contributed by atoms with Gasteiger partial charge in [0.2, 0.25) is 5.89 Å². The molecule has 0 radical (unpaired) electrons. The number of halogens is 2. The van der Waals surface area contributed by atoms with Crippen LogP contribution < -0.4 is 5.73 Å². The Hall–Kier alpha value is -1.33. The minimum absolute atomic E-state index is 0.573. The number of oxazole rings is 1. The summed E-state index contributed by atoms with van der Waals surface area (Å²) < 4.78 is 7.64. The summed E-state index contributed by atoms with van der Waals surface area (Å²) in [7, 11) is 0. The Morgan fingerprint density at radius 2 is 1.89 bits per heavy atom. The second-order valence-corrected chi connectivity index (χ2v) is 5.64. The maximum absolute atomic E-state index is 5.73. The maximum atomic E-state index is 5.73. The van der Waals surface area contributed by atoms with Gasteiger partial charge in [0, 0.05) is 14.6 Å². The van der Waals surface area contributed by atoms with Crippen LogP contribution in [0, 0.1) is 0 Å². The molecule has 0 amide bonds. The van der Waals surface area contributed by atoms with E-state index in [4.69, 9.17) is 10.2 Å². The van der Waals surface area contributed by atoms with Gasteiger partial charge >= 0.3 is 0 Å². The van der Waals surface area contributed by atoms with Crippen molar-refractivity contribution in [1.82, 2.24) is 4.98 Å². The average Bonchev–Trinajstić information content (AvgIpc) is 2.74. The SMILES string of the molecule is Nc1ccc2oc(-c3cc(Br)ccc3Br)nc2c1. The number of nitrogens with zero attached hydrogens (tertiary/aromatic N) is 1. The van der Waals surface area contributed by atoms with Crippen molar-refractivity contribution < 1.29 is 4.42 Å². The summed E-state index contributed by atoms with van der Waals surface area (Å²) in [6.07, 6.45) is 0. The third-order valence-corrected chi connectivity index (χ3v) is 3.76. The largest absolute Gasteiger partial charge is 0.436 e. The van der Waals surface area contributed by atoms with Crippen LogP contribution in [0.3, 0.4) is 0 Å². The number of nitrogen functional groups attached to an aromatic ring is 1. The van der Waals surface area contributed by atoms with Gasteiger partial charge in [0.25, 0.3) is 0 Å². The van der Waals surface area contributed by atoms with Crippen LogP contribution in [0.4, 0.5) is 5.69 Å². The first-order chi connectivity index (χ1) is 8.63. The highest BCUT2D eigenvalue weighted by molar-refractivity contribution is 9.11. The molecule has 0 atom stereocenters. The van der Waals surface area contributed by atoms with Gasteiger partial charge in [0.1, 0.15) is 5.52 Å². The first kappa shape index (κ1) is 11.7. The van der Waals surface area contributed by atoms with Crippen molar-refractivity contribution in [3.05, 3.63) is 45.3 Å². The number of nitrogens with two attached hydrogens (primary N) is 1. The molecule has 1 heterocycles. The zero-order chi connectivity index (χ0) is 12.7. The first-order valence-corrected chi connectivity index (χ1v) is 6.83. The van der Waals surface area contributed by atoms with Gasteiger partial charge in [-0.1, -0.05) is 15.9 Å². The van der Waals surface area contributed by atoms with Gasteiger partial charge in [0.15, 0.2) is 5.58 Å². The fourth-order valence-electron chi connectivity index (χ4n) is 1.72. The lowest BCUT2D eigenvalue weighted by Gasteiger charge is -1.99. The lowest BCUT2D eigenvalue weighted by Crippen LogP contribution is -1.82. The molecule has 2 N–H and O–H groups in total. The molecule has 0 spiro atoms. The van der Waals surface area contributed by atoms with Crippen molar-refractivity contribution in [2.24, 2.45) is 0 Å². The lowest BCUT2D eigenvalue weighted by atomic mass is 10.2. The molecule has 0 aliphatic rings. The normalized spacial score (nSPS) is 11.0. The van der Waals surface area contributed by atoms with Crippen molar-refractivity contribution in [2.45, 2.75) is 0 Å². The van der Waals surface area contributed by atoms with Crippen molar-refractivity contribution in [2.75, 3.05) is 5.73 Å². The van der Waals surface area contributed by atoms with Crippen molar-refractivity contribution in [3.63, 3.8) is 0 Å². The van der Waals surface area contributed by atoms with Crippen molar-refractivity contribution in [3.8, 4) is 11.5 Å². The number of anilines is 1. The second-order valence-electron chi connectivity index (χ2n) is 3.87. The molecule has 2 aromatic carbocycles. The number of fused-ring (bicyclic) bond motifs is 1. The van der Waals surface area contributed by atoms with E-state index >= 15 is 0 Å². The van der Waals surface area contributed by atoms with Crippen LogP contribution in [-0.2, 0) is 0 Å². The van der Waals surface area contributed by atoms with E-state index in [-0.39, 0.29) is 0 Å². The number of hydrogen-bond donors (Lipinski definition) is 1. The molecular weight excluding hydrogens is 360 g/mol. The van der Waals surface area contributed by atoms with E-state index in [1.54, 1.807) is 12.1 Å². The number of benzene rings is 2. The number of rotatable bonds is 1. The van der Waals surface area contributed by atoms with Crippen LogP contribution in [0.25, 0.3) is 22.6 Å². The minimum atomic E-state index is 0.573. The Morgan fingerprint density at radius 1 is 1.06 bits per heavy atom. The highest BCUT2D eigenvalue weighted by Gasteiger charge is 2.11. The summed E-state index contributed by atoms with van der Waals surface area (Å²) in [5.74, 6) is 0.573. The second kappa shape index (κ2) is 4.40. The Bertz CT molecular complexity index is 737. The maximum Gasteiger partial charge on any atom is 0.228 e. The standard InChI is InChI=1S/C13H8Br2N2O/c14-7-1-3-10(15)9(5-7)13-17-11-6-8(16)2-4-12(11)18-13/h1-6H,16H2. The number of aromatic nitrogens is 1. The summed E-state index contributed by atoms with van der Waals surface area (Å²) in [6.45, 7) is 0. The van der Waals surface area contributed by atoms with E-state index in [0.717, 1.165) is 25.6 Å². The predicted molar refractivity (Wildman–Crippen MR) is 79.3 cm³/mol. The van der Waals surface area contributed by atoms with Crippen LogP contribution >= 0.6 is 31.9 Å². The zero-order valence-corrected chi connectivity index (χ0v) is 12.3. The Labute approximate surface area is 120 Å². The van der Waals surface area contributed by atoms with Crippen molar-refractivity contribution in [1.29, 1.82) is 0 Å². The highest BCUT2D eigenvalue weighted by Crippen LogP contribution is 2.32. The molecular formula is C13H8Br2N2O. The molecule has 0 aliphatic carbocycles. The monoisotopic (exact) mass is 366 g/mol. The van der Waals surface area contributed by atoms with Gasteiger partial charge in [0.05, 0.1) is 5.56 Å². The van der Waals surface area contributed by atoms with Crippen molar-refractivity contribution >= 4 is 48.6 Å². The molecule has 0 unspecified atom stereocenters. The highest BCUT2D eigenvalue weighted by atomic mass is 79.9. The van der Waals surface area contributed by atoms with Gasteiger partial charge in [-0.25, -0.2) is 4.98 Å². The van der Waals surface area contributed by atoms with Crippen LogP contribution in [0.15, 0.2) is 49.8 Å². The van der Waals surface area contributed by atoms with E-state index in [2.05, 4.69) is 36.8 Å². The molecule has 5 heteroatoms. The fourth-order valence-corrected chi connectivity index (χ4v) is 2.50. The van der Waals surface area contributed by atoms with E-state index in [1.165, 1.54) is 0 Å². The third kappa shape index (κ3) is 2.04. The smallest absolute Gasteiger partial charge is 0.228 e. The zero-order valence-electron chi connectivity index (χ0n) is 9.15. The quantitative estimate of drug-likeness (QED) is 0.639. The van der Waals surface area contributed by atoms with E-state index in [9.17, 15) is 0 Å². The van der Waals surface area contributed by atoms with Gasteiger partial charge in [-0.2, -0.15) is 0 Å². The molecule has 0 bridgehead atoms. The Morgan fingerprint density at radius 3 is 2.72 bits per heavy atom. The van der Waals surface area contributed by atoms with Gasteiger partial charge in [-0.3, -0.25) is 0 Å². The minimum Gasteiger partial charge on any atom is -0.436 e. The summed E-state index contributed by atoms with van der Waals surface area (Å²) in [5, 5.41) is 0. The third-order valence-electron chi connectivity index (χ3n) is 2.57. The average molecular weight is 368 g/mol. The predicted octanol–water partition coefficient (Wildman–Crippen LogP) is 4.60. The molecule has 90 valence electrons. The van der Waals surface area contributed by atoms with Crippen LogP contribution in [0.1, 0.15) is 0 Å². The molecule has 1 aromatic heterocycles. The van der Waals surface area contributed by atoms with E-state index in [1.807, 2.05) is 24.3 Å². The number of hydrogen-bond acceptors (Lipinski definition) is 3. The van der Waals surface area contributed by atoms with E-state index in [0.29, 0.717) is 11.6 Å². The van der Waals surface area contributed by atoms with Gasteiger partial charge in [-0.15, -0.1) is 0 Å². The van der Waals surface area contributed by atoms with Crippen LogP contribution in [0.2, 0.25) is 0 Å². The molecule has 3 rings (SSSR count). The van der Waals surface area contributed by atoms with Crippen LogP contribution in [-0.4, -0.2) is 4.98 Å². The molecule has 0 saturated heterocycles. The fraction of sp³-hybridized carbons (Fsp3) is 0.